The predicted molar refractivity (Wildman–Crippen MR) is 180 cm³/mol. The molecule has 224 valence electrons. The fourth-order valence-corrected chi connectivity index (χ4v) is 5.53. The van der Waals surface area contributed by atoms with Crippen molar-refractivity contribution in [2.45, 2.75) is 10.1 Å². The van der Waals surface area contributed by atoms with Crippen molar-refractivity contribution in [1.82, 2.24) is 5.32 Å². The highest BCUT2D eigenvalue weighted by molar-refractivity contribution is 8.00. The van der Waals surface area contributed by atoms with Crippen molar-refractivity contribution in [3.8, 4) is 5.75 Å². The normalized spacial score (nSPS) is 11.6. The second kappa shape index (κ2) is 15.2. The van der Waals surface area contributed by atoms with E-state index in [1.165, 1.54) is 11.8 Å². The molecular weight excluding hydrogens is 582 g/mol. The van der Waals surface area contributed by atoms with Crippen LogP contribution in [0, 0.1) is 0 Å². The van der Waals surface area contributed by atoms with Crippen molar-refractivity contribution in [2.24, 2.45) is 0 Å². The third-order valence-electron chi connectivity index (χ3n) is 6.66. The van der Waals surface area contributed by atoms with Crippen molar-refractivity contribution in [3.05, 3.63) is 162 Å². The zero-order valence-corrected chi connectivity index (χ0v) is 25.3. The zero-order chi connectivity index (χ0) is 31.4. The van der Waals surface area contributed by atoms with Crippen LogP contribution in [0.15, 0.2) is 150 Å². The Balaban J connectivity index is 1.36. The van der Waals surface area contributed by atoms with Crippen molar-refractivity contribution in [2.75, 3.05) is 17.7 Å². The van der Waals surface area contributed by atoms with Gasteiger partial charge in [-0.15, -0.1) is 11.8 Å². The number of carbonyl (C=O) groups excluding carboxylic acids is 3. The summed E-state index contributed by atoms with van der Waals surface area (Å²) in [6, 6.07) is 41.9. The number of methoxy groups -OCH3 is 1. The van der Waals surface area contributed by atoms with Crippen molar-refractivity contribution >= 4 is 46.9 Å². The Kier molecular flexibility index (Phi) is 10.4. The number of benzene rings is 5. The minimum atomic E-state index is -0.581. The van der Waals surface area contributed by atoms with Gasteiger partial charge >= 0.3 is 0 Å². The quantitative estimate of drug-likeness (QED) is 0.105. The van der Waals surface area contributed by atoms with E-state index >= 15 is 0 Å². The molecule has 3 amide bonds. The number of carbonyl (C=O) groups is 3. The van der Waals surface area contributed by atoms with Gasteiger partial charge in [0.25, 0.3) is 11.8 Å². The van der Waals surface area contributed by atoms with Gasteiger partial charge < -0.3 is 20.7 Å². The lowest BCUT2D eigenvalue weighted by Crippen LogP contribution is -2.30. The Bertz CT molecular complexity index is 1800. The summed E-state index contributed by atoms with van der Waals surface area (Å²) in [6.45, 7) is 0. The third kappa shape index (κ3) is 8.72. The number of nitrogens with one attached hydrogen (secondary N) is 3. The number of rotatable bonds is 11. The highest BCUT2D eigenvalue weighted by atomic mass is 32.2. The van der Waals surface area contributed by atoms with Crippen LogP contribution in [-0.4, -0.2) is 24.8 Å². The molecule has 0 saturated carbocycles. The Morgan fingerprint density at radius 1 is 0.689 bits per heavy atom. The molecule has 0 aliphatic carbocycles. The number of hydrogen-bond donors (Lipinski definition) is 3. The molecule has 8 heteroatoms. The molecule has 5 aromatic carbocycles. The zero-order valence-electron chi connectivity index (χ0n) is 24.5. The molecule has 0 saturated heterocycles. The minimum absolute atomic E-state index is 0.0907. The second-order valence-corrected chi connectivity index (χ2v) is 11.1. The second-order valence-electron chi connectivity index (χ2n) is 9.90. The van der Waals surface area contributed by atoms with Gasteiger partial charge in [0.05, 0.1) is 7.11 Å². The fraction of sp³-hybridized carbons (Fsp3) is 0.0541. The molecule has 5 aromatic rings. The van der Waals surface area contributed by atoms with E-state index in [9.17, 15) is 14.4 Å². The molecule has 0 bridgehead atoms. The first kappa shape index (κ1) is 30.8. The summed E-state index contributed by atoms with van der Waals surface area (Å²) in [5, 5.41) is 8.08. The summed E-state index contributed by atoms with van der Waals surface area (Å²) >= 11 is 1.36. The van der Waals surface area contributed by atoms with Crippen molar-refractivity contribution in [1.29, 1.82) is 0 Å². The molecule has 3 N–H and O–H groups in total. The van der Waals surface area contributed by atoms with Crippen LogP contribution in [0.4, 0.5) is 11.4 Å². The lowest BCUT2D eigenvalue weighted by atomic mass is 10.1. The van der Waals surface area contributed by atoms with Gasteiger partial charge in [0, 0.05) is 27.9 Å². The smallest absolute Gasteiger partial charge is 0.272 e. The average molecular weight is 614 g/mol. The molecule has 0 spiro atoms. The topological polar surface area (TPSA) is 96.5 Å². The maximum Gasteiger partial charge on any atom is 0.272 e. The molecular formula is C37H31N3O4S. The lowest BCUT2D eigenvalue weighted by molar-refractivity contribution is -0.116. The maximum absolute atomic E-state index is 13.6. The molecule has 7 nitrogen and oxygen atoms in total. The summed E-state index contributed by atoms with van der Waals surface area (Å²) < 4.78 is 5.30. The molecule has 0 aliphatic rings. The first-order chi connectivity index (χ1) is 22.0. The molecule has 1 atom stereocenters. The van der Waals surface area contributed by atoms with E-state index in [1.54, 1.807) is 61.7 Å². The van der Waals surface area contributed by atoms with Crippen LogP contribution in [0.25, 0.3) is 6.08 Å². The third-order valence-corrected chi connectivity index (χ3v) is 7.91. The molecule has 0 radical (unpaired) electrons. The molecule has 0 fully saturated rings. The summed E-state index contributed by atoms with van der Waals surface area (Å²) in [7, 11) is 1.58. The van der Waals surface area contributed by atoms with Gasteiger partial charge in [-0.05, 0) is 59.7 Å². The van der Waals surface area contributed by atoms with Crippen LogP contribution in [0.1, 0.15) is 26.7 Å². The van der Waals surface area contributed by atoms with Gasteiger partial charge in [-0.2, -0.15) is 0 Å². The fourth-order valence-electron chi connectivity index (χ4n) is 4.45. The lowest BCUT2D eigenvalue weighted by Gasteiger charge is -2.18. The minimum Gasteiger partial charge on any atom is -0.497 e. The van der Waals surface area contributed by atoms with Crippen LogP contribution in [0.5, 0.6) is 5.75 Å². The molecule has 1 unspecified atom stereocenters. The number of anilines is 2. The van der Waals surface area contributed by atoms with Crippen LogP contribution in [0.3, 0.4) is 0 Å². The molecule has 45 heavy (non-hydrogen) atoms. The Labute approximate surface area is 266 Å². The standard InChI is InChI=1S/C37H31N3O4S/c1-44-31-21-11-19-29(24-31)39-37(43)34(27-15-7-3-8-16-27)45-32-22-12-20-30(25-32)38-36(42)33(23-26-13-5-2-6-14-26)40-35(41)28-17-9-4-10-18-28/h2-25,34H,1H3,(H,38,42)(H,39,43)(H,40,41)/b33-23-. The number of ether oxygens (including phenoxy) is 1. The molecule has 0 aromatic heterocycles. The summed E-state index contributed by atoms with van der Waals surface area (Å²) in [6.07, 6.45) is 1.63. The van der Waals surface area contributed by atoms with E-state index in [0.29, 0.717) is 22.7 Å². The molecule has 0 heterocycles. The highest BCUT2D eigenvalue weighted by Gasteiger charge is 2.23. The van der Waals surface area contributed by atoms with Crippen LogP contribution in [0.2, 0.25) is 0 Å². The maximum atomic E-state index is 13.6. The van der Waals surface area contributed by atoms with Gasteiger partial charge in [0.2, 0.25) is 5.91 Å². The van der Waals surface area contributed by atoms with Gasteiger partial charge in [-0.3, -0.25) is 14.4 Å². The van der Waals surface area contributed by atoms with E-state index < -0.39 is 17.1 Å². The van der Waals surface area contributed by atoms with Crippen molar-refractivity contribution in [3.63, 3.8) is 0 Å². The SMILES string of the molecule is COc1cccc(NC(=O)C(Sc2cccc(NC(=O)/C(=C/c3ccccc3)NC(=O)c3ccccc3)c2)c2ccccc2)c1. The molecule has 0 aliphatic heterocycles. The van der Waals surface area contributed by atoms with Gasteiger partial charge in [-0.25, -0.2) is 0 Å². The Morgan fingerprint density at radius 3 is 2.00 bits per heavy atom. The first-order valence-electron chi connectivity index (χ1n) is 14.2. The number of amides is 3. The highest BCUT2D eigenvalue weighted by Crippen LogP contribution is 2.37. The Hall–Kier alpha value is -5.60. The van der Waals surface area contributed by atoms with E-state index in [4.69, 9.17) is 4.74 Å². The van der Waals surface area contributed by atoms with Gasteiger partial charge in [0.1, 0.15) is 16.7 Å². The first-order valence-corrected chi connectivity index (χ1v) is 15.1. The molecule has 5 rings (SSSR count). The van der Waals surface area contributed by atoms with E-state index in [0.717, 1.165) is 16.0 Å². The summed E-state index contributed by atoms with van der Waals surface area (Å²) in [5.74, 6) is -0.447. The summed E-state index contributed by atoms with van der Waals surface area (Å²) in [4.78, 5) is 40.8. The van der Waals surface area contributed by atoms with Crippen LogP contribution in [-0.2, 0) is 9.59 Å². The van der Waals surface area contributed by atoms with Crippen LogP contribution >= 0.6 is 11.8 Å². The van der Waals surface area contributed by atoms with Gasteiger partial charge in [-0.1, -0.05) is 91.0 Å². The largest absolute Gasteiger partial charge is 0.497 e. The number of thioether (sulfide) groups is 1. The predicted octanol–water partition coefficient (Wildman–Crippen LogP) is 7.58. The van der Waals surface area contributed by atoms with E-state index in [-0.39, 0.29) is 11.6 Å². The van der Waals surface area contributed by atoms with E-state index in [1.807, 2.05) is 91.0 Å². The number of hydrogen-bond acceptors (Lipinski definition) is 5. The summed E-state index contributed by atoms with van der Waals surface area (Å²) in [5.41, 5.74) is 3.24. The average Bonchev–Trinajstić information content (AvgIpc) is 3.08. The van der Waals surface area contributed by atoms with E-state index in [2.05, 4.69) is 16.0 Å². The van der Waals surface area contributed by atoms with Gasteiger partial charge in [0.15, 0.2) is 0 Å². The van der Waals surface area contributed by atoms with Crippen LogP contribution < -0.4 is 20.7 Å². The van der Waals surface area contributed by atoms with Crippen molar-refractivity contribution < 1.29 is 19.1 Å². The monoisotopic (exact) mass is 613 g/mol. The Morgan fingerprint density at radius 2 is 1.31 bits per heavy atom.